The number of benzene rings is 3. The third-order valence-corrected chi connectivity index (χ3v) is 8.23. The molecule has 38 heavy (non-hydrogen) atoms. The molecule has 1 saturated heterocycles. The van der Waals surface area contributed by atoms with Crippen molar-refractivity contribution in [3.05, 3.63) is 108 Å². The monoisotopic (exact) mass is 511 g/mol. The SMILES string of the molecule is NC(=O)C(c1ccccc1)(c1ccccc1)C1CCN(CCCCCCCCCNCc2ccccc2)C1. The van der Waals surface area contributed by atoms with E-state index in [0.29, 0.717) is 0 Å². The number of nitrogens with one attached hydrogen (secondary N) is 1. The van der Waals surface area contributed by atoms with Gasteiger partial charge in [-0.15, -0.1) is 0 Å². The van der Waals surface area contributed by atoms with Crippen molar-refractivity contribution in [1.29, 1.82) is 0 Å². The molecule has 1 unspecified atom stereocenters. The fourth-order valence-corrected chi connectivity index (χ4v) is 6.21. The lowest BCUT2D eigenvalue weighted by Crippen LogP contribution is -2.49. The van der Waals surface area contributed by atoms with Crippen molar-refractivity contribution in [3.8, 4) is 0 Å². The van der Waals surface area contributed by atoms with Crippen LogP contribution >= 0.6 is 0 Å². The van der Waals surface area contributed by atoms with Crippen molar-refractivity contribution in [1.82, 2.24) is 10.2 Å². The molecule has 1 heterocycles. The van der Waals surface area contributed by atoms with E-state index >= 15 is 0 Å². The summed E-state index contributed by atoms with van der Waals surface area (Å²) in [6.45, 7) is 5.13. The Labute approximate surface area is 229 Å². The lowest BCUT2D eigenvalue weighted by molar-refractivity contribution is -0.123. The summed E-state index contributed by atoms with van der Waals surface area (Å²) in [5, 5.41) is 3.55. The Bertz CT molecular complexity index is 1030. The molecule has 1 amide bonds. The second kappa shape index (κ2) is 14.8. The average molecular weight is 512 g/mol. The molecular formula is C34H45N3O. The molecule has 0 saturated carbocycles. The van der Waals surface area contributed by atoms with Crippen molar-refractivity contribution in [3.63, 3.8) is 0 Å². The average Bonchev–Trinajstić information content (AvgIpc) is 3.42. The number of carbonyl (C=O) groups excluding carboxylic acids is 1. The predicted molar refractivity (Wildman–Crippen MR) is 158 cm³/mol. The van der Waals surface area contributed by atoms with Gasteiger partial charge in [0, 0.05) is 13.1 Å². The fourth-order valence-electron chi connectivity index (χ4n) is 6.21. The first-order valence-electron chi connectivity index (χ1n) is 14.6. The summed E-state index contributed by atoms with van der Waals surface area (Å²) >= 11 is 0. The van der Waals surface area contributed by atoms with E-state index < -0.39 is 5.41 Å². The molecule has 3 aromatic carbocycles. The van der Waals surface area contributed by atoms with Gasteiger partial charge in [-0.25, -0.2) is 0 Å². The maximum absolute atomic E-state index is 13.2. The van der Waals surface area contributed by atoms with Gasteiger partial charge in [0.1, 0.15) is 5.41 Å². The third kappa shape index (κ3) is 7.33. The second-order valence-corrected chi connectivity index (χ2v) is 10.8. The summed E-state index contributed by atoms with van der Waals surface area (Å²) in [5.41, 5.74) is 8.84. The summed E-state index contributed by atoms with van der Waals surface area (Å²) in [6, 6.07) is 31.0. The van der Waals surface area contributed by atoms with Crippen LogP contribution in [0.3, 0.4) is 0 Å². The molecule has 1 aliphatic rings. The minimum atomic E-state index is -0.785. The first kappa shape index (κ1) is 28.1. The highest BCUT2D eigenvalue weighted by molar-refractivity contribution is 5.91. The Morgan fingerprint density at radius 1 is 0.763 bits per heavy atom. The van der Waals surface area contributed by atoms with Gasteiger partial charge in [-0.3, -0.25) is 4.79 Å². The lowest BCUT2D eigenvalue weighted by Gasteiger charge is -2.37. The number of amides is 1. The molecule has 202 valence electrons. The van der Waals surface area contributed by atoms with E-state index in [1.807, 2.05) is 36.4 Å². The molecule has 1 atom stereocenters. The third-order valence-electron chi connectivity index (χ3n) is 8.23. The van der Waals surface area contributed by atoms with Crippen LogP contribution in [0, 0.1) is 5.92 Å². The number of nitrogens with two attached hydrogens (primary N) is 1. The smallest absolute Gasteiger partial charge is 0.232 e. The first-order valence-corrected chi connectivity index (χ1v) is 14.6. The summed E-state index contributed by atoms with van der Waals surface area (Å²) in [5.74, 6) is -0.0580. The van der Waals surface area contributed by atoms with Gasteiger partial charge in [-0.2, -0.15) is 0 Å². The molecule has 4 rings (SSSR count). The molecule has 4 nitrogen and oxygen atoms in total. The zero-order valence-corrected chi connectivity index (χ0v) is 22.9. The minimum absolute atomic E-state index is 0.181. The van der Waals surface area contributed by atoms with Gasteiger partial charge in [-0.1, -0.05) is 123 Å². The first-order chi connectivity index (χ1) is 18.7. The molecule has 0 aliphatic carbocycles. The van der Waals surface area contributed by atoms with Crippen molar-refractivity contribution in [2.45, 2.75) is 63.3 Å². The molecule has 1 fully saturated rings. The predicted octanol–water partition coefficient (Wildman–Crippen LogP) is 6.30. The van der Waals surface area contributed by atoms with E-state index in [1.54, 1.807) is 0 Å². The molecule has 0 aromatic heterocycles. The van der Waals surface area contributed by atoms with E-state index in [2.05, 4.69) is 64.8 Å². The summed E-state index contributed by atoms with van der Waals surface area (Å²) < 4.78 is 0. The van der Waals surface area contributed by atoms with Gasteiger partial charge in [0.2, 0.25) is 5.91 Å². The molecule has 0 bridgehead atoms. The zero-order valence-electron chi connectivity index (χ0n) is 22.9. The molecule has 4 heteroatoms. The van der Waals surface area contributed by atoms with Gasteiger partial charge in [0.25, 0.3) is 0 Å². The Morgan fingerprint density at radius 3 is 1.87 bits per heavy atom. The van der Waals surface area contributed by atoms with Gasteiger partial charge in [-0.05, 0) is 61.5 Å². The zero-order chi connectivity index (χ0) is 26.5. The van der Waals surface area contributed by atoms with Crippen LogP contribution in [0.4, 0.5) is 0 Å². The van der Waals surface area contributed by atoms with Crippen LogP contribution in [0.2, 0.25) is 0 Å². The summed E-state index contributed by atoms with van der Waals surface area (Å²) in [6.07, 6.45) is 10.0. The number of rotatable bonds is 16. The minimum Gasteiger partial charge on any atom is -0.369 e. The summed E-state index contributed by atoms with van der Waals surface area (Å²) in [7, 11) is 0. The van der Waals surface area contributed by atoms with Crippen LogP contribution in [0.25, 0.3) is 0 Å². The van der Waals surface area contributed by atoms with E-state index in [4.69, 9.17) is 5.73 Å². The molecule has 0 spiro atoms. The molecule has 3 aromatic rings. The molecule has 3 N–H and O–H groups in total. The normalized spacial score (nSPS) is 16.1. The van der Waals surface area contributed by atoms with Crippen molar-refractivity contribution in [2.24, 2.45) is 11.7 Å². The van der Waals surface area contributed by atoms with Crippen LogP contribution in [0.15, 0.2) is 91.0 Å². The molecule has 0 radical (unpaired) electrons. The van der Waals surface area contributed by atoms with Crippen LogP contribution in [-0.4, -0.2) is 37.0 Å². The standard InChI is InChI=1S/C34H45N3O/c35-33(38)34(30-19-11-7-12-20-30,31-21-13-8-14-22-31)32-23-26-37(28-32)25-16-5-3-1-2-4-15-24-36-27-29-17-9-6-10-18-29/h6-14,17-22,32,36H,1-5,15-16,23-28H2,(H2,35,38). The number of unbranched alkanes of at least 4 members (excludes halogenated alkanes) is 6. The second-order valence-electron chi connectivity index (χ2n) is 10.8. The van der Waals surface area contributed by atoms with Crippen LogP contribution in [-0.2, 0) is 16.8 Å². The lowest BCUT2D eigenvalue weighted by atomic mass is 9.64. The summed E-state index contributed by atoms with van der Waals surface area (Å²) in [4.78, 5) is 15.8. The number of primary amides is 1. The number of nitrogens with zero attached hydrogens (tertiary/aromatic N) is 1. The maximum Gasteiger partial charge on any atom is 0.232 e. The van der Waals surface area contributed by atoms with Crippen LogP contribution < -0.4 is 11.1 Å². The number of hydrogen-bond acceptors (Lipinski definition) is 3. The van der Waals surface area contributed by atoms with Crippen molar-refractivity contribution >= 4 is 5.91 Å². The molecule has 1 aliphatic heterocycles. The Kier molecular flexibility index (Phi) is 11.0. The fraction of sp³-hybridized carbons (Fsp3) is 0.441. The Balaban J connectivity index is 1.17. The largest absolute Gasteiger partial charge is 0.369 e. The van der Waals surface area contributed by atoms with Gasteiger partial charge in [0.15, 0.2) is 0 Å². The Hall–Kier alpha value is -2.95. The number of carbonyl (C=O) groups is 1. The molecular weight excluding hydrogens is 466 g/mol. The van der Waals surface area contributed by atoms with E-state index in [-0.39, 0.29) is 11.8 Å². The van der Waals surface area contributed by atoms with Crippen molar-refractivity contribution in [2.75, 3.05) is 26.2 Å². The highest BCUT2D eigenvalue weighted by Gasteiger charge is 2.49. The maximum atomic E-state index is 13.2. The van der Waals surface area contributed by atoms with Crippen molar-refractivity contribution < 1.29 is 4.79 Å². The topological polar surface area (TPSA) is 58.4 Å². The van der Waals surface area contributed by atoms with Gasteiger partial charge in [0.05, 0.1) is 0 Å². The van der Waals surface area contributed by atoms with Gasteiger partial charge >= 0.3 is 0 Å². The number of hydrogen-bond donors (Lipinski definition) is 2. The van der Waals surface area contributed by atoms with Crippen LogP contribution in [0.1, 0.15) is 68.1 Å². The number of likely N-dealkylation sites (tertiary alicyclic amines) is 1. The highest BCUT2D eigenvalue weighted by atomic mass is 16.1. The Morgan fingerprint density at radius 2 is 1.29 bits per heavy atom. The van der Waals surface area contributed by atoms with E-state index in [1.165, 1.54) is 50.5 Å². The highest BCUT2D eigenvalue weighted by Crippen LogP contribution is 2.43. The van der Waals surface area contributed by atoms with Crippen LogP contribution in [0.5, 0.6) is 0 Å². The van der Waals surface area contributed by atoms with E-state index in [9.17, 15) is 4.79 Å². The quantitative estimate of drug-likeness (QED) is 0.222. The van der Waals surface area contributed by atoms with E-state index in [0.717, 1.165) is 50.3 Å². The van der Waals surface area contributed by atoms with Gasteiger partial charge < -0.3 is 16.0 Å².